The lowest BCUT2D eigenvalue weighted by atomic mass is 10.00. The highest BCUT2D eigenvalue weighted by Gasteiger charge is 2.19. The third kappa shape index (κ3) is 2.40. The molecule has 80 valence electrons. The Balaban J connectivity index is 2.08. The lowest BCUT2D eigenvalue weighted by Gasteiger charge is -2.28. The first-order chi connectivity index (χ1) is 7.31. The van der Waals surface area contributed by atoms with E-state index in [0.717, 1.165) is 24.8 Å². The Bertz CT molecular complexity index is 364. The summed E-state index contributed by atoms with van der Waals surface area (Å²) >= 11 is 3.30. The van der Waals surface area contributed by atoms with Crippen LogP contribution in [0.15, 0.2) is 24.3 Å². The molecule has 15 heavy (non-hydrogen) atoms. The molecule has 0 bridgehead atoms. The van der Waals surface area contributed by atoms with Gasteiger partial charge in [0, 0.05) is 24.8 Å². The van der Waals surface area contributed by atoms with Gasteiger partial charge in [-0.05, 0) is 17.5 Å². The van der Waals surface area contributed by atoms with E-state index in [9.17, 15) is 4.79 Å². The number of halogens is 1. The first kappa shape index (κ1) is 10.7. The van der Waals surface area contributed by atoms with Gasteiger partial charge in [0.2, 0.25) is 5.91 Å². The van der Waals surface area contributed by atoms with Gasteiger partial charge in [-0.2, -0.15) is 0 Å². The van der Waals surface area contributed by atoms with Crippen LogP contribution in [0.3, 0.4) is 0 Å². The van der Waals surface area contributed by atoms with Crippen molar-refractivity contribution in [3.63, 3.8) is 0 Å². The quantitative estimate of drug-likeness (QED) is 0.754. The van der Waals surface area contributed by atoms with Crippen molar-refractivity contribution in [2.24, 2.45) is 0 Å². The molecule has 2 nitrogen and oxygen atoms in total. The first-order valence-corrected chi connectivity index (χ1v) is 6.34. The van der Waals surface area contributed by atoms with Crippen LogP contribution in [0.2, 0.25) is 0 Å². The van der Waals surface area contributed by atoms with E-state index < -0.39 is 0 Å². The summed E-state index contributed by atoms with van der Waals surface area (Å²) in [6.45, 7) is 1.64. The number of fused-ring (bicyclic) bond motifs is 1. The first-order valence-electron chi connectivity index (χ1n) is 5.22. The van der Waals surface area contributed by atoms with Crippen molar-refractivity contribution in [1.29, 1.82) is 0 Å². The van der Waals surface area contributed by atoms with Crippen molar-refractivity contribution < 1.29 is 4.79 Å². The monoisotopic (exact) mass is 267 g/mol. The van der Waals surface area contributed by atoms with Gasteiger partial charge in [0.25, 0.3) is 0 Å². The second kappa shape index (κ2) is 4.79. The molecule has 0 spiro atoms. The number of carbonyl (C=O) groups is 1. The van der Waals surface area contributed by atoms with Crippen LogP contribution in [0.5, 0.6) is 0 Å². The van der Waals surface area contributed by atoms with Gasteiger partial charge < -0.3 is 4.90 Å². The van der Waals surface area contributed by atoms with E-state index in [1.807, 2.05) is 11.0 Å². The van der Waals surface area contributed by atoms with Gasteiger partial charge in [-0.15, -0.1) is 0 Å². The van der Waals surface area contributed by atoms with Crippen LogP contribution < -0.4 is 0 Å². The van der Waals surface area contributed by atoms with Gasteiger partial charge in [-0.1, -0.05) is 40.2 Å². The van der Waals surface area contributed by atoms with Gasteiger partial charge in [0.15, 0.2) is 0 Å². The number of alkyl halides is 1. The van der Waals surface area contributed by atoms with E-state index in [-0.39, 0.29) is 5.91 Å². The molecule has 1 aliphatic heterocycles. The van der Waals surface area contributed by atoms with Gasteiger partial charge in [0.05, 0.1) is 0 Å². The molecule has 1 heterocycles. The average Bonchev–Trinajstić information content (AvgIpc) is 2.29. The molecule has 0 N–H and O–H groups in total. The third-order valence-electron chi connectivity index (χ3n) is 2.79. The molecule has 1 aromatic carbocycles. The lowest BCUT2D eigenvalue weighted by molar-refractivity contribution is -0.131. The minimum absolute atomic E-state index is 0.251. The molecule has 0 fully saturated rings. The lowest BCUT2D eigenvalue weighted by Crippen LogP contribution is -2.35. The molecule has 0 radical (unpaired) electrons. The Morgan fingerprint density at radius 1 is 1.33 bits per heavy atom. The Labute approximate surface area is 98.4 Å². The van der Waals surface area contributed by atoms with E-state index in [0.29, 0.717) is 6.42 Å². The summed E-state index contributed by atoms with van der Waals surface area (Å²) in [6.07, 6.45) is 1.59. The van der Waals surface area contributed by atoms with Gasteiger partial charge in [0.1, 0.15) is 0 Å². The Hall–Kier alpha value is -0.830. The highest BCUT2D eigenvalue weighted by atomic mass is 79.9. The van der Waals surface area contributed by atoms with E-state index in [1.165, 1.54) is 11.1 Å². The van der Waals surface area contributed by atoms with Crippen LogP contribution in [-0.2, 0) is 17.8 Å². The summed E-state index contributed by atoms with van der Waals surface area (Å²) < 4.78 is 0. The number of amides is 1. The largest absolute Gasteiger partial charge is 0.338 e. The smallest absolute Gasteiger partial charge is 0.223 e. The van der Waals surface area contributed by atoms with Crippen molar-refractivity contribution in [3.8, 4) is 0 Å². The fraction of sp³-hybridized carbons (Fsp3) is 0.417. The van der Waals surface area contributed by atoms with Crippen LogP contribution in [0.1, 0.15) is 17.5 Å². The van der Waals surface area contributed by atoms with E-state index >= 15 is 0 Å². The molecular formula is C12H14BrNO. The predicted octanol–water partition coefficient (Wildman–Crippen LogP) is 2.36. The maximum absolute atomic E-state index is 11.7. The molecule has 0 saturated carbocycles. The number of hydrogen-bond acceptors (Lipinski definition) is 1. The van der Waals surface area contributed by atoms with E-state index in [2.05, 4.69) is 34.1 Å². The van der Waals surface area contributed by atoms with Crippen LogP contribution in [0.4, 0.5) is 0 Å². The fourth-order valence-corrected chi connectivity index (χ4v) is 2.29. The molecule has 0 aliphatic carbocycles. The molecule has 0 unspecified atom stereocenters. The number of nitrogens with zero attached hydrogens (tertiary/aromatic N) is 1. The summed E-state index contributed by atoms with van der Waals surface area (Å²) in [5.74, 6) is 0.251. The van der Waals surface area contributed by atoms with Crippen LogP contribution in [-0.4, -0.2) is 22.7 Å². The van der Waals surface area contributed by atoms with Crippen LogP contribution in [0.25, 0.3) is 0 Å². The normalized spacial score (nSPS) is 14.9. The summed E-state index contributed by atoms with van der Waals surface area (Å²) in [7, 11) is 0. The van der Waals surface area contributed by atoms with Crippen LogP contribution >= 0.6 is 15.9 Å². The van der Waals surface area contributed by atoms with Gasteiger partial charge in [-0.3, -0.25) is 4.79 Å². The summed E-state index contributed by atoms with van der Waals surface area (Å²) in [6, 6.07) is 8.37. The predicted molar refractivity (Wildman–Crippen MR) is 64.0 cm³/mol. The second-order valence-electron chi connectivity index (χ2n) is 3.77. The SMILES string of the molecule is O=C(CCBr)N1CCc2ccccc2C1. The molecule has 1 aliphatic rings. The Kier molecular flexibility index (Phi) is 3.41. The topological polar surface area (TPSA) is 20.3 Å². The molecule has 0 aromatic heterocycles. The Morgan fingerprint density at radius 2 is 2.07 bits per heavy atom. The third-order valence-corrected chi connectivity index (χ3v) is 3.19. The van der Waals surface area contributed by atoms with Crippen molar-refractivity contribution in [2.75, 3.05) is 11.9 Å². The minimum Gasteiger partial charge on any atom is -0.338 e. The maximum Gasteiger partial charge on any atom is 0.223 e. The van der Waals surface area contributed by atoms with Crippen molar-refractivity contribution in [2.45, 2.75) is 19.4 Å². The van der Waals surface area contributed by atoms with Gasteiger partial charge in [-0.25, -0.2) is 0 Å². The molecule has 3 heteroatoms. The average molecular weight is 268 g/mol. The van der Waals surface area contributed by atoms with Crippen molar-refractivity contribution in [3.05, 3.63) is 35.4 Å². The maximum atomic E-state index is 11.7. The summed E-state index contributed by atoms with van der Waals surface area (Å²) in [4.78, 5) is 13.7. The summed E-state index contributed by atoms with van der Waals surface area (Å²) in [5, 5.41) is 0.754. The molecule has 1 aromatic rings. The fourth-order valence-electron chi connectivity index (χ4n) is 1.95. The van der Waals surface area contributed by atoms with Crippen molar-refractivity contribution in [1.82, 2.24) is 4.90 Å². The minimum atomic E-state index is 0.251. The number of carbonyl (C=O) groups excluding carboxylic acids is 1. The van der Waals surface area contributed by atoms with Crippen LogP contribution in [0, 0.1) is 0 Å². The zero-order valence-corrected chi connectivity index (χ0v) is 10.2. The molecular weight excluding hydrogens is 254 g/mol. The van der Waals surface area contributed by atoms with E-state index in [4.69, 9.17) is 0 Å². The number of benzene rings is 1. The summed E-state index contributed by atoms with van der Waals surface area (Å²) in [5.41, 5.74) is 2.69. The highest BCUT2D eigenvalue weighted by Crippen LogP contribution is 2.18. The standard InChI is InChI=1S/C12H14BrNO/c13-7-5-12(15)14-8-6-10-3-1-2-4-11(10)9-14/h1-4H,5-9H2. The zero-order chi connectivity index (χ0) is 10.7. The second-order valence-corrected chi connectivity index (χ2v) is 4.57. The molecule has 0 atom stereocenters. The number of rotatable bonds is 2. The van der Waals surface area contributed by atoms with Gasteiger partial charge >= 0.3 is 0 Å². The van der Waals surface area contributed by atoms with Crippen molar-refractivity contribution >= 4 is 21.8 Å². The zero-order valence-electron chi connectivity index (χ0n) is 8.58. The Morgan fingerprint density at radius 3 is 2.80 bits per heavy atom. The molecule has 0 saturated heterocycles. The van der Waals surface area contributed by atoms with E-state index in [1.54, 1.807) is 0 Å². The molecule has 2 rings (SSSR count). The molecule has 1 amide bonds. The highest BCUT2D eigenvalue weighted by molar-refractivity contribution is 9.09. The number of hydrogen-bond donors (Lipinski definition) is 0.